The first-order valence-corrected chi connectivity index (χ1v) is 7.18. The normalized spacial score (nSPS) is 18.4. The molecule has 0 bridgehead atoms. The van der Waals surface area contributed by atoms with Crippen LogP contribution >= 0.6 is 0 Å². The van der Waals surface area contributed by atoms with Gasteiger partial charge in [-0.25, -0.2) is 0 Å². The van der Waals surface area contributed by atoms with Gasteiger partial charge in [-0.3, -0.25) is 9.59 Å². The first-order chi connectivity index (χ1) is 10.0. The molecule has 1 fully saturated rings. The molecule has 2 N–H and O–H groups in total. The van der Waals surface area contributed by atoms with Crippen molar-refractivity contribution in [2.24, 2.45) is 5.73 Å². The van der Waals surface area contributed by atoms with Gasteiger partial charge in [0.1, 0.15) is 6.04 Å². The second-order valence-electron chi connectivity index (χ2n) is 5.43. The minimum absolute atomic E-state index is 0.0169. The van der Waals surface area contributed by atoms with Crippen LogP contribution < -0.4 is 10.6 Å². The van der Waals surface area contributed by atoms with Gasteiger partial charge in [-0.1, -0.05) is 18.2 Å². The molecule has 5 nitrogen and oxygen atoms in total. The third kappa shape index (κ3) is 3.54. The van der Waals surface area contributed by atoms with Crippen LogP contribution in [0.4, 0.5) is 5.69 Å². The molecule has 5 heteroatoms. The monoisotopic (exact) mass is 288 g/mol. The molecule has 1 unspecified atom stereocenters. The van der Waals surface area contributed by atoms with Gasteiger partial charge in [0.15, 0.2) is 0 Å². The zero-order chi connectivity index (χ0) is 15.4. The van der Waals surface area contributed by atoms with Crippen molar-refractivity contribution in [3.63, 3.8) is 0 Å². The molecular weight excluding hydrogens is 266 g/mol. The second kappa shape index (κ2) is 6.61. The van der Waals surface area contributed by atoms with Gasteiger partial charge in [-0.2, -0.15) is 0 Å². The van der Waals surface area contributed by atoms with Crippen molar-refractivity contribution in [3.8, 4) is 0 Å². The van der Waals surface area contributed by atoms with Crippen LogP contribution in [0.3, 0.4) is 0 Å². The maximum atomic E-state index is 11.7. The number of benzene rings is 1. The van der Waals surface area contributed by atoms with Crippen LogP contribution in [0.5, 0.6) is 0 Å². The van der Waals surface area contributed by atoms with E-state index in [-0.39, 0.29) is 17.9 Å². The topological polar surface area (TPSA) is 66.6 Å². The van der Waals surface area contributed by atoms with E-state index < -0.39 is 0 Å². The number of primary amides is 1. The summed E-state index contributed by atoms with van der Waals surface area (Å²) in [6, 6.07) is 7.57. The molecule has 0 aromatic heterocycles. The molecule has 1 aliphatic rings. The van der Waals surface area contributed by atoms with E-state index in [1.165, 1.54) is 0 Å². The summed E-state index contributed by atoms with van der Waals surface area (Å²) in [4.78, 5) is 26.8. The first kappa shape index (κ1) is 15.4. The molecule has 1 aromatic rings. The Morgan fingerprint density at radius 3 is 2.76 bits per heavy atom. The summed E-state index contributed by atoms with van der Waals surface area (Å²) in [6.45, 7) is 2.84. The molecule has 1 aromatic carbocycles. The third-order valence-electron chi connectivity index (χ3n) is 3.91. The van der Waals surface area contributed by atoms with Crippen molar-refractivity contribution in [2.45, 2.75) is 32.4 Å². The number of hydrogen-bond acceptors (Lipinski definition) is 3. The molecule has 0 saturated carbocycles. The largest absolute Gasteiger partial charge is 0.368 e. The molecule has 1 saturated heterocycles. The Hall–Kier alpha value is -2.04. The average molecular weight is 288 g/mol. The maximum Gasteiger partial charge on any atom is 0.240 e. The van der Waals surface area contributed by atoms with Gasteiger partial charge in [-0.15, -0.1) is 0 Å². The molecule has 21 heavy (non-hydrogen) atoms. The number of carbonyl (C=O) groups is 2. The van der Waals surface area contributed by atoms with Crippen LogP contribution in [0.2, 0.25) is 0 Å². The number of nitrogens with two attached hydrogens (primary N) is 1. The fraction of sp³-hybridized carbons (Fsp3) is 0.438. The molecule has 2 rings (SSSR count). The summed E-state index contributed by atoms with van der Waals surface area (Å²) in [5, 5.41) is 0. The zero-order valence-electron chi connectivity index (χ0n) is 12.6. The molecule has 1 atom stereocenters. The highest BCUT2D eigenvalue weighted by molar-refractivity contribution is 5.84. The number of hydrogen-bond donors (Lipinski definition) is 1. The highest BCUT2D eigenvalue weighted by atomic mass is 16.2. The molecule has 1 heterocycles. The SMILES string of the molecule is CC(=O)N(C)Cc1ccccc1N1CC[CH]CC1C(N)=O. The van der Waals surface area contributed by atoms with E-state index in [1.54, 1.807) is 18.9 Å². The third-order valence-corrected chi connectivity index (χ3v) is 3.91. The molecule has 113 valence electrons. The Kier molecular flexibility index (Phi) is 4.83. The van der Waals surface area contributed by atoms with Crippen LogP contribution in [0, 0.1) is 6.42 Å². The lowest BCUT2D eigenvalue weighted by atomic mass is 9.99. The standard InChI is InChI=1S/C16H22N3O2/c1-12(20)18(2)11-13-7-3-4-8-14(13)19-10-6-5-9-15(19)16(17)21/h3-5,7-8,15H,6,9-11H2,1-2H3,(H2,17,21). The van der Waals surface area contributed by atoms with Gasteiger partial charge in [-0.05, 0) is 30.9 Å². The van der Waals surface area contributed by atoms with Crippen LogP contribution in [0.15, 0.2) is 24.3 Å². The summed E-state index contributed by atoms with van der Waals surface area (Å²) in [5.74, 6) is -0.288. The molecule has 0 aliphatic carbocycles. The summed E-state index contributed by atoms with van der Waals surface area (Å²) >= 11 is 0. The van der Waals surface area contributed by atoms with Crippen molar-refractivity contribution >= 4 is 17.5 Å². The quantitative estimate of drug-likeness (QED) is 0.908. The molecule has 1 radical (unpaired) electrons. The minimum atomic E-state index is -0.305. The number of piperidine rings is 1. The van der Waals surface area contributed by atoms with Crippen molar-refractivity contribution in [1.82, 2.24) is 4.90 Å². The first-order valence-electron chi connectivity index (χ1n) is 7.18. The van der Waals surface area contributed by atoms with Gasteiger partial charge in [0.2, 0.25) is 11.8 Å². The van der Waals surface area contributed by atoms with Crippen molar-refractivity contribution in [2.75, 3.05) is 18.5 Å². The molecule has 2 amide bonds. The smallest absolute Gasteiger partial charge is 0.240 e. The highest BCUT2D eigenvalue weighted by Crippen LogP contribution is 2.28. The van der Waals surface area contributed by atoms with Crippen molar-refractivity contribution < 1.29 is 9.59 Å². The lowest BCUT2D eigenvalue weighted by Gasteiger charge is -2.37. The Morgan fingerprint density at radius 1 is 1.38 bits per heavy atom. The Bertz CT molecular complexity index is 530. The number of amides is 2. The predicted molar refractivity (Wildman–Crippen MR) is 82.5 cm³/mol. The van der Waals surface area contributed by atoms with E-state index in [4.69, 9.17) is 5.73 Å². The van der Waals surface area contributed by atoms with Crippen LogP contribution in [0.25, 0.3) is 0 Å². The van der Waals surface area contributed by atoms with E-state index in [2.05, 4.69) is 11.3 Å². The minimum Gasteiger partial charge on any atom is -0.368 e. The van der Waals surface area contributed by atoms with Crippen molar-refractivity contribution in [3.05, 3.63) is 36.2 Å². The van der Waals surface area contributed by atoms with Crippen LogP contribution in [-0.4, -0.2) is 36.3 Å². The number of carbonyl (C=O) groups excluding carboxylic acids is 2. The summed E-state index contributed by atoms with van der Waals surface area (Å²) in [6.07, 6.45) is 3.71. The Balaban J connectivity index is 2.29. The summed E-state index contributed by atoms with van der Waals surface area (Å²) in [5.41, 5.74) is 7.55. The van der Waals surface area contributed by atoms with E-state index in [9.17, 15) is 9.59 Å². The van der Waals surface area contributed by atoms with E-state index in [0.29, 0.717) is 13.0 Å². The fourth-order valence-corrected chi connectivity index (χ4v) is 2.64. The zero-order valence-corrected chi connectivity index (χ0v) is 12.6. The Morgan fingerprint density at radius 2 is 2.10 bits per heavy atom. The number of para-hydroxylation sites is 1. The second-order valence-corrected chi connectivity index (χ2v) is 5.43. The number of nitrogens with zero attached hydrogens (tertiary/aromatic N) is 2. The number of rotatable bonds is 4. The molecule has 0 spiro atoms. The van der Waals surface area contributed by atoms with Gasteiger partial charge in [0.05, 0.1) is 0 Å². The van der Waals surface area contributed by atoms with E-state index >= 15 is 0 Å². The maximum absolute atomic E-state index is 11.7. The summed E-state index contributed by atoms with van der Waals surface area (Å²) < 4.78 is 0. The number of anilines is 1. The van der Waals surface area contributed by atoms with Gasteiger partial charge < -0.3 is 15.5 Å². The summed E-state index contributed by atoms with van der Waals surface area (Å²) in [7, 11) is 1.77. The molecule has 1 aliphatic heterocycles. The van der Waals surface area contributed by atoms with Crippen molar-refractivity contribution in [1.29, 1.82) is 0 Å². The lowest BCUT2D eigenvalue weighted by molar-refractivity contribution is -0.128. The van der Waals surface area contributed by atoms with E-state index in [1.807, 2.05) is 24.3 Å². The van der Waals surface area contributed by atoms with Crippen LogP contribution in [-0.2, 0) is 16.1 Å². The van der Waals surface area contributed by atoms with Crippen LogP contribution in [0.1, 0.15) is 25.3 Å². The molecular formula is C16H22N3O2. The predicted octanol–water partition coefficient (Wildman–Crippen LogP) is 1.32. The lowest BCUT2D eigenvalue weighted by Crippen LogP contribution is -2.48. The van der Waals surface area contributed by atoms with Gasteiger partial charge in [0, 0.05) is 32.7 Å². The average Bonchev–Trinajstić information content (AvgIpc) is 2.47. The fourth-order valence-electron chi connectivity index (χ4n) is 2.64. The van der Waals surface area contributed by atoms with E-state index in [0.717, 1.165) is 24.2 Å². The highest BCUT2D eigenvalue weighted by Gasteiger charge is 2.28. The van der Waals surface area contributed by atoms with Gasteiger partial charge >= 0.3 is 0 Å². The Labute approximate surface area is 125 Å². The van der Waals surface area contributed by atoms with Gasteiger partial charge in [0.25, 0.3) is 0 Å².